The Balaban J connectivity index is 1.54. The number of fused-ring (bicyclic) bond motifs is 8. The molecule has 0 atom stereocenters. The van der Waals surface area contributed by atoms with Crippen molar-refractivity contribution in [3.63, 3.8) is 0 Å². The molecule has 10 nitrogen and oxygen atoms in total. The van der Waals surface area contributed by atoms with Crippen molar-refractivity contribution >= 4 is 70.1 Å². The Morgan fingerprint density at radius 3 is 1.32 bits per heavy atom. The number of nitrogens with zero attached hydrogens (tertiary/aromatic N) is 1. The van der Waals surface area contributed by atoms with Gasteiger partial charge in [-0.25, -0.2) is 4.79 Å². The SMILES string of the molecule is CCCOc1c2cccc1Sc1cccc(c1OCCC)Sc1c(NC(=O)Nc3ccc([N+](=O)[O-])cc3)ccc(c1OCCC)Sc1cccc(c1OCCC)S2. The third-order valence-corrected chi connectivity index (χ3v) is 12.6. The van der Waals surface area contributed by atoms with Crippen molar-refractivity contribution in [1.29, 1.82) is 0 Å². The number of hydrogen-bond donors (Lipinski definition) is 2. The predicted molar refractivity (Wildman–Crippen MR) is 231 cm³/mol. The van der Waals surface area contributed by atoms with E-state index in [1.165, 1.54) is 36.0 Å². The normalized spacial score (nSPS) is 12.0. The number of nitrogens with one attached hydrogen (secondary N) is 2. The van der Waals surface area contributed by atoms with Crippen LogP contribution in [0.5, 0.6) is 23.0 Å². The number of benzene rings is 5. The maximum absolute atomic E-state index is 13.6. The highest BCUT2D eigenvalue weighted by atomic mass is 32.2. The van der Waals surface area contributed by atoms with E-state index in [9.17, 15) is 14.9 Å². The molecule has 0 unspecified atom stereocenters. The zero-order valence-electron chi connectivity index (χ0n) is 32.3. The summed E-state index contributed by atoms with van der Waals surface area (Å²) in [7, 11) is 0. The monoisotopic (exact) mass is 843 g/mol. The van der Waals surface area contributed by atoms with E-state index in [1.807, 2.05) is 30.3 Å². The fourth-order valence-corrected chi connectivity index (χ4v) is 10.1. The molecule has 1 aliphatic heterocycles. The van der Waals surface area contributed by atoms with E-state index in [1.54, 1.807) is 35.3 Å². The van der Waals surface area contributed by atoms with Crippen LogP contribution in [0.15, 0.2) is 130 Å². The fraction of sp³-hybridized carbons (Fsp3) is 0.279. The average Bonchev–Trinajstić information content (AvgIpc) is 3.20. The van der Waals surface area contributed by atoms with Crippen molar-refractivity contribution in [2.45, 2.75) is 92.5 Å². The Labute approximate surface area is 350 Å². The lowest BCUT2D eigenvalue weighted by molar-refractivity contribution is -0.384. The topological polar surface area (TPSA) is 121 Å². The van der Waals surface area contributed by atoms with Crippen molar-refractivity contribution in [3.05, 3.63) is 101 Å². The van der Waals surface area contributed by atoms with Crippen LogP contribution in [0.2, 0.25) is 0 Å². The van der Waals surface area contributed by atoms with Crippen LogP contribution in [-0.2, 0) is 0 Å². The number of ether oxygens (including phenoxy) is 4. The molecule has 57 heavy (non-hydrogen) atoms. The molecular formula is C43H45N3O7S4. The van der Waals surface area contributed by atoms with Gasteiger partial charge in [0.2, 0.25) is 0 Å². The summed E-state index contributed by atoms with van der Waals surface area (Å²) in [5.41, 5.74) is 0.861. The average molecular weight is 844 g/mol. The van der Waals surface area contributed by atoms with E-state index in [4.69, 9.17) is 18.9 Å². The van der Waals surface area contributed by atoms with Crippen LogP contribution >= 0.6 is 47.0 Å². The summed E-state index contributed by atoms with van der Waals surface area (Å²) in [5.74, 6) is 2.93. The summed E-state index contributed by atoms with van der Waals surface area (Å²) in [6.07, 6.45) is 3.28. The van der Waals surface area contributed by atoms with Crippen molar-refractivity contribution in [2.24, 2.45) is 0 Å². The van der Waals surface area contributed by atoms with Crippen molar-refractivity contribution < 1.29 is 28.7 Å². The molecule has 2 N–H and O–H groups in total. The molecule has 0 saturated heterocycles. The predicted octanol–water partition coefficient (Wildman–Crippen LogP) is 13.3. The smallest absolute Gasteiger partial charge is 0.323 e. The standard InChI is InChI=1S/C43H45N3O7S4/c1-5-24-50-38-31-12-9-13-32(38)55-35-16-11-17-36(40(35)52-26-7-3)57-42-30(45-43(47)44-28-18-20-29(21-19-28)46(48)49)22-23-37(41(42)53-27-8-4)56-34-15-10-14-33(54-31)39(34)51-25-6-2/h9-23H,5-8,24-27H2,1-4H3,(H2,44,45,47). The van der Waals surface area contributed by atoms with E-state index in [0.717, 1.165) is 77.2 Å². The molecule has 2 amide bonds. The van der Waals surface area contributed by atoms with Gasteiger partial charge in [0.15, 0.2) is 0 Å². The van der Waals surface area contributed by atoms with Gasteiger partial charge < -0.3 is 29.6 Å². The van der Waals surface area contributed by atoms with E-state index in [-0.39, 0.29) is 5.69 Å². The quantitative estimate of drug-likeness (QED) is 0.0759. The van der Waals surface area contributed by atoms with E-state index < -0.39 is 11.0 Å². The van der Waals surface area contributed by atoms with Gasteiger partial charge in [-0.2, -0.15) is 0 Å². The Morgan fingerprint density at radius 2 is 0.912 bits per heavy atom. The number of carbonyl (C=O) groups excluding carboxylic acids is 1. The highest BCUT2D eigenvalue weighted by molar-refractivity contribution is 8.01. The molecule has 0 radical (unpaired) electrons. The Hall–Kier alpha value is -4.63. The molecule has 14 heteroatoms. The second kappa shape index (κ2) is 20.7. The molecule has 0 fully saturated rings. The van der Waals surface area contributed by atoms with E-state index in [0.29, 0.717) is 48.4 Å². The second-order valence-electron chi connectivity index (χ2n) is 12.7. The number of amides is 2. The highest BCUT2D eigenvalue weighted by Crippen LogP contribution is 2.55. The number of anilines is 2. The molecule has 8 bridgehead atoms. The Kier molecular flexibility index (Phi) is 15.2. The summed E-state index contributed by atoms with van der Waals surface area (Å²) >= 11 is 6.23. The third-order valence-electron chi connectivity index (χ3n) is 8.16. The van der Waals surface area contributed by atoms with Crippen molar-refractivity contribution in [1.82, 2.24) is 0 Å². The first-order valence-corrected chi connectivity index (χ1v) is 22.2. The molecule has 0 spiro atoms. The van der Waals surface area contributed by atoms with Crippen LogP contribution in [-0.4, -0.2) is 37.4 Å². The van der Waals surface area contributed by atoms with E-state index in [2.05, 4.69) is 74.7 Å². The van der Waals surface area contributed by atoms with Crippen LogP contribution in [0, 0.1) is 10.1 Å². The first-order chi connectivity index (χ1) is 27.8. The van der Waals surface area contributed by atoms with Gasteiger partial charge in [0, 0.05) is 17.8 Å². The van der Waals surface area contributed by atoms with Gasteiger partial charge in [-0.15, -0.1) is 0 Å². The van der Waals surface area contributed by atoms with Crippen molar-refractivity contribution in [3.8, 4) is 23.0 Å². The van der Waals surface area contributed by atoms with E-state index >= 15 is 0 Å². The fourth-order valence-electron chi connectivity index (χ4n) is 5.59. The number of hydrogen-bond acceptors (Lipinski definition) is 11. The zero-order valence-corrected chi connectivity index (χ0v) is 35.5. The maximum atomic E-state index is 13.6. The summed E-state index contributed by atoms with van der Waals surface area (Å²) in [5, 5.41) is 17.1. The number of nitro benzene ring substituents is 1. The first-order valence-electron chi connectivity index (χ1n) is 18.9. The summed E-state index contributed by atoms with van der Waals surface area (Å²) < 4.78 is 26.2. The van der Waals surface area contributed by atoms with Gasteiger partial charge in [0.1, 0.15) is 23.0 Å². The first kappa shape index (κ1) is 42.0. The lowest BCUT2D eigenvalue weighted by atomic mass is 10.3. The summed E-state index contributed by atoms with van der Waals surface area (Å²) in [6, 6.07) is 27.5. The molecule has 0 saturated carbocycles. The maximum Gasteiger partial charge on any atom is 0.323 e. The molecule has 6 rings (SSSR count). The number of para-hydroxylation sites is 3. The summed E-state index contributed by atoms with van der Waals surface area (Å²) in [6.45, 7) is 10.4. The largest absolute Gasteiger partial charge is 0.491 e. The van der Waals surface area contributed by atoms with Crippen LogP contribution in [0.3, 0.4) is 0 Å². The molecule has 5 aromatic rings. The van der Waals surface area contributed by atoms with Crippen LogP contribution < -0.4 is 29.6 Å². The second-order valence-corrected chi connectivity index (χ2v) is 17.0. The minimum Gasteiger partial charge on any atom is -0.491 e. The molecular weight excluding hydrogens is 799 g/mol. The Morgan fingerprint density at radius 1 is 0.526 bits per heavy atom. The van der Waals surface area contributed by atoms with Gasteiger partial charge >= 0.3 is 6.03 Å². The molecule has 1 aliphatic rings. The highest BCUT2D eigenvalue weighted by Gasteiger charge is 2.25. The number of carbonyl (C=O) groups is 1. The number of non-ortho nitro benzene ring substituents is 1. The van der Waals surface area contributed by atoms with Crippen LogP contribution in [0.4, 0.5) is 21.9 Å². The molecule has 0 aromatic heterocycles. The van der Waals surface area contributed by atoms with Crippen LogP contribution in [0.25, 0.3) is 0 Å². The molecule has 5 aromatic carbocycles. The lowest BCUT2D eigenvalue weighted by Crippen LogP contribution is -2.20. The summed E-state index contributed by atoms with van der Waals surface area (Å²) in [4.78, 5) is 31.5. The minimum atomic E-state index is -0.513. The minimum absolute atomic E-state index is 0.0669. The number of urea groups is 1. The van der Waals surface area contributed by atoms with Crippen LogP contribution in [0.1, 0.15) is 53.4 Å². The number of rotatable bonds is 15. The Bertz CT molecular complexity index is 2190. The third kappa shape index (κ3) is 10.7. The van der Waals surface area contributed by atoms with Gasteiger partial charge in [-0.1, -0.05) is 92.9 Å². The zero-order chi connectivity index (χ0) is 40.1. The molecule has 298 valence electrons. The number of nitro groups is 1. The van der Waals surface area contributed by atoms with Gasteiger partial charge in [0.05, 0.1) is 76.2 Å². The van der Waals surface area contributed by atoms with Gasteiger partial charge in [-0.3, -0.25) is 10.1 Å². The van der Waals surface area contributed by atoms with Gasteiger partial charge in [0.25, 0.3) is 5.69 Å². The van der Waals surface area contributed by atoms with Gasteiger partial charge in [-0.05, 0) is 86.3 Å². The molecule has 1 heterocycles. The lowest BCUT2D eigenvalue weighted by Gasteiger charge is -2.23. The molecule has 0 aliphatic carbocycles. The van der Waals surface area contributed by atoms with Crippen molar-refractivity contribution in [2.75, 3.05) is 37.1 Å².